The maximum Gasteiger partial charge on any atom is 0.163 e. The Hall–Kier alpha value is -5.74. The summed E-state index contributed by atoms with van der Waals surface area (Å²) in [6.07, 6.45) is 8.00. The van der Waals surface area contributed by atoms with Gasteiger partial charge in [-0.15, -0.1) is 0 Å². The highest BCUT2D eigenvalue weighted by atomic mass is 16.7. The van der Waals surface area contributed by atoms with E-state index < -0.39 is 0 Å². The number of anilines is 7. The Morgan fingerprint density at radius 3 is 1.78 bits per heavy atom. The van der Waals surface area contributed by atoms with Crippen molar-refractivity contribution in [2.75, 3.05) is 14.9 Å². The van der Waals surface area contributed by atoms with E-state index in [4.69, 9.17) is 4.84 Å². The van der Waals surface area contributed by atoms with Crippen molar-refractivity contribution in [2.45, 2.75) is 83.1 Å². The number of nitrogens with zero attached hydrogens (tertiary/aromatic N) is 3. The Morgan fingerprint density at radius 2 is 1.18 bits per heavy atom. The van der Waals surface area contributed by atoms with Gasteiger partial charge in [0.25, 0.3) is 0 Å². The number of para-hydroxylation sites is 4. The number of hydrogen-bond donors (Lipinski definition) is 0. The van der Waals surface area contributed by atoms with E-state index in [1.165, 1.54) is 48.9 Å². The van der Waals surface area contributed by atoms with Crippen molar-refractivity contribution in [1.82, 2.24) is 0 Å². The Morgan fingerprint density at radius 1 is 0.618 bits per heavy atom. The fourth-order valence-electron chi connectivity index (χ4n) is 9.13. The second-order valence-corrected chi connectivity index (χ2v) is 16.7. The van der Waals surface area contributed by atoms with Crippen molar-refractivity contribution in [3.05, 3.63) is 175 Å². The largest absolute Gasteiger partial charge is 0.374 e. The van der Waals surface area contributed by atoms with E-state index in [1.54, 1.807) is 0 Å². The SMILES string of the molecule is C=Cc1ccccc1ON(c1ccccc1)c1cc(N(c2ccccc2)c2ccccc2)cc(N2c3ccc(C(C)(C)C)cc3C3(CCCCC3)C2(C)C)c1. The molecule has 0 N–H and O–H groups in total. The molecular formula is C51H53N3O. The van der Waals surface area contributed by atoms with Crippen molar-refractivity contribution in [3.63, 3.8) is 0 Å². The van der Waals surface area contributed by atoms with Crippen molar-refractivity contribution in [3.8, 4) is 5.75 Å². The highest BCUT2D eigenvalue weighted by Crippen LogP contribution is 2.61. The predicted octanol–water partition coefficient (Wildman–Crippen LogP) is 14.4. The smallest absolute Gasteiger partial charge is 0.163 e. The molecule has 278 valence electrons. The molecule has 1 fully saturated rings. The molecule has 6 aromatic rings. The molecule has 0 amide bonds. The molecule has 0 bridgehead atoms. The molecule has 0 unspecified atom stereocenters. The minimum atomic E-state index is -0.208. The summed E-state index contributed by atoms with van der Waals surface area (Å²) in [5.41, 5.74) is 11.2. The molecule has 0 radical (unpaired) electrons. The first-order valence-corrected chi connectivity index (χ1v) is 19.9. The molecule has 4 nitrogen and oxygen atoms in total. The van der Waals surface area contributed by atoms with Gasteiger partial charge in [0.2, 0.25) is 0 Å². The van der Waals surface area contributed by atoms with E-state index >= 15 is 0 Å². The Kier molecular flexibility index (Phi) is 9.55. The zero-order valence-corrected chi connectivity index (χ0v) is 33.0. The molecule has 1 aliphatic carbocycles. The van der Waals surface area contributed by atoms with Crippen molar-refractivity contribution in [2.24, 2.45) is 0 Å². The minimum absolute atomic E-state index is 0.0229. The zero-order valence-electron chi connectivity index (χ0n) is 33.0. The van der Waals surface area contributed by atoms with Gasteiger partial charge in [0.1, 0.15) is 0 Å². The number of rotatable bonds is 9. The molecule has 0 aromatic heterocycles. The van der Waals surface area contributed by atoms with E-state index in [0.717, 1.165) is 45.4 Å². The molecule has 1 aliphatic heterocycles. The third kappa shape index (κ3) is 6.58. The van der Waals surface area contributed by atoms with Crippen LogP contribution >= 0.6 is 0 Å². The molecule has 55 heavy (non-hydrogen) atoms. The third-order valence-corrected chi connectivity index (χ3v) is 12.0. The van der Waals surface area contributed by atoms with Crippen LogP contribution in [0.3, 0.4) is 0 Å². The number of benzene rings is 6. The first-order chi connectivity index (χ1) is 26.6. The van der Waals surface area contributed by atoms with Gasteiger partial charge in [-0.05, 0) is 110 Å². The lowest BCUT2D eigenvalue weighted by Gasteiger charge is -2.49. The van der Waals surface area contributed by atoms with E-state index in [2.05, 4.69) is 172 Å². The lowest BCUT2D eigenvalue weighted by molar-refractivity contribution is 0.199. The highest BCUT2D eigenvalue weighted by molar-refractivity contribution is 5.86. The van der Waals surface area contributed by atoms with Crippen molar-refractivity contribution < 1.29 is 4.84 Å². The molecule has 0 saturated heterocycles. The molecule has 8 rings (SSSR count). The third-order valence-electron chi connectivity index (χ3n) is 12.0. The van der Waals surface area contributed by atoms with Crippen LogP contribution in [0.25, 0.3) is 6.08 Å². The molecule has 1 saturated carbocycles. The summed E-state index contributed by atoms with van der Waals surface area (Å²) in [6.45, 7) is 16.1. The van der Waals surface area contributed by atoms with Crippen LogP contribution in [0.15, 0.2) is 158 Å². The second-order valence-electron chi connectivity index (χ2n) is 16.7. The second kappa shape index (κ2) is 14.5. The molecule has 1 spiro atoms. The first kappa shape index (κ1) is 36.2. The van der Waals surface area contributed by atoms with Crippen LogP contribution in [0.2, 0.25) is 0 Å². The Balaban J connectivity index is 1.40. The van der Waals surface area contributed by atoms with E-state index in [1.807, 2.05) is 41.5 Å². The minimum Gasteiger partial charge on any atom is -0.374 e. The fraction of sp³-hybridized carbons (Fsp3) is 0.255. The molecule has 6 aromatic carbocycles. The van der Waals surface area contributed by atoms with E-state index in [-0.39, 0.29) is 16.4 Å². The summed E-state index contributed by atoms with van der Waals surface area (Å²) >= 11 is 0. The van der Waals surface area contributed by atoms with Crippen LogP contribution in [0.1, 0.15) is 83.4 Å². The van der Waals surface area contributed by atoms with Gasteiger partial charge in [-0.1, -0.05) is 138 Å². The van der Waals surface area contributed by atoms with Gasteiger partial charge in [-0.2, -0.15) is 5.06 Å². The number of hydrogen-bond acceptors (Lipinski definition) is 4. The number of fused-ring (bicyclic) bond motifs is 2. The first-order valence-electron chi connectivity index (χ1n) is 19.9. The maximum atomic E-state index is 6.98. The van der Waals surface area contributed by atoms with E-state index in [9.17, 15) is 0 Å². The normalized spacial score (nSPS) is 15.7. The van der Waals surface area contributed by atoms with Crippen molar-refractivity contribution >= 4 is 45.9 Å². The van der Waals surface area contributed by atoms with Gasteiger partial charge in [-0.3, -0.25) is 0 Å². The van der Waals surface area contributed by atoms with Crippen LogP contribution in [-0.4, -0.2) is 5.54 Å². The topological polar surface area (TPSA) is 19.0 Å². The van der Waals surface area contributed by atoms with Gasteiger partial charge < -0.3 is 14.6 Å². The van der Waals surface area contributed by atoms with Gasteiger partial charge in [0, 0.05) is 39.3 Å². The van der Waals surface area contributed by atoms with Crippen LogP contribution in [0.5, 0.6) is 5.75 Å². The zero-order chi connectivity index (χ0) is 38.2. The molecule has 1 heterocycles. The van der Waals surface area contributed by atoms with Crippen LogP contribution in [0, 0.1) is 0 Å². The molecule has 4 heteroatoms. The summed E-state index contributed by atoms with van der Waals surface area (Å²) in [4.78, 5) is 12.0. The average molecular weight is 724 g/mol. The summed E-state index contributed by atoms with van der Waals surface area (Å²) < 4.78 is 0. The summed E-state index contributed by atoms with van der Waals surface area (Å²) in [5, 5.41) is 1.98. The monoisotopic (exact) mass is 723 g/mol. The van der Waals surface area contributed by atoms with Crippen molar-refractivity contribution in [1.29, 1.82) is 0 Å². The van der Waals surface area contributed by atoms with Gasteiger partial charge >= 0.3 is 0 Å². The fourth-order valence-corrected chi connectivity index (χ4v) is 9.13. The summed E-state index contributed by atoms with van der Waals surface area (Å²) in [7, 11) is 0. The molecule has 0 atom stereocenters. The van der Waals surface area contributed by atoms with Gasteiger partial charge in [0.15, 0.2) is 5.75 Å². The maximum absolute atomic E-state index is 6.98. The lowest BCUT2D eigenvalue weighted by Crippen LogP contribution is -2.53. The molecule has 2 aliphatic rings. The molecular weight excluding hydrogens is 671 g/mol. The average Bonchev–Trinajstić information content (AvgIpc) is 3.39. The van der Waals surface area contributed by atoms with Crippen LogP contribution < -0.4 is 19.7 Å². The summed E-state index contributed by atoms with van der Waals surface area (Å²) in [6, 6.07) is 54.1. The Bertz CT molecular complexity index is 2230. The van der Waals surface area contributed by atoms with Gasteiger partial charge in [-0.25, -0.2) is 0 Å². The summed E-state index contributed by atoms with van der Waals surface area (Å²) in [5.74, 6) is 0.735. The van der Waals surface area contributed by atoms with Crippen LogP contribution in [-0.2, 0) is 10.8 Å². The van der Waals surface area contributed by atoms with Crippen LogP contribution in [0.4, 0.5) is 39.8 Å². The van der Waals surface area contributed by atoms with Gasteiger partial charge in [0.05, 0.1) is 17.1 Å². The lowest BCUT2D eigenvalue weighted by atomic mass is 9.60. The standard InChI is InChI=1S/C51H53N3O/c1-7-38-22-18-19-29-48(38)55-54(42-27-16-10-17-28-42)45-36-43(52(40-23-12-8-13-24-40)41-25-14-9-15-26-41)35-44(37-45)53-47-31-30-39(49(2,3)4)34-46(47)51(50(53,5)6)32-20-11-21-33-51/h7-10,12-19,22-31,34-37H,1,11,20-21,32-33H2,2-6H3. The quantitative estimate of drug-likeness (QED) is 0.138. The van der Waals surface area contributed by atoms with E-state index in [0.29, 0.717) is 0 Å². The Labute approximate surface area is 328 Å². The predicted molar refractivity (Wildman–Crippen MR) is 233 cm³/mol. The highest BCUT2D eigenvalue weighted by Gasteiger charge is 2.57.